The number of aliphatic hydroxyl groups is 1. The number of aliphatic hydroxyl groups excluding tert-OH is 1. The zero-order chi connectivity index (χ0) is 15.4. The van der Waals surface area contributed by atoms with E-state index in [-0.39, 0.29) is 12.6 Å². The van der Waals surface area contributed by atoms with E-state index in [0.717, 1.165) is 17.8 Å². The molecule has 1 aliphatic carbocycles. The van der Waals surface area contributed by atoms with Crippen LogP contribution in [0.5, 0.6) is 0 Å². The molecule has 1 aromatic heterocycles. The van der Waals surface area contributed by atoms with Gasteiger partial charge in [-0.05, 0) is 42.9 Å². The van der Waals surface area contributed by atoms with E-state index < -0.39 is 0 Å². The van der Waals surface area contributed by atoms with Gasteiger partial charge in [-0.1, -0.05) is 12.1 Å². The number of hydrogen-bond acceptors (Lipinski definition) is 3. The molecule has 22 heavy (non-hydrogen) atoms. The zero-order valence-electron chi connectivity index (χ0n) is 12.3. The number of nitrogens with one attached hydrogen (secondary N) is 2. The molecule has 2 aromatic rings. The van der Waals surface area contributed by atoms with E-state index in [2.05, 4.69) is 15.7 Å². The molecule has 0 aliphatic heterocycles. The molecule has 0 spiro atoms. The Morgan fingerprint density at radius 1 is 1.27 bits per heavy atom. The summed E-state index contributed by atoms with van der Waals surface area (Å²) in [4.78, 5) is 11.7. The summed E-state index contributed by atoms with van der Waals surface area (Å²) in [5.74, 6) is 1.17. The zero-order valence-corrected chi connectivity index (χ0v) is 12.3. The van der Waals surface area contributed by atoms with Crippen LogP contribution in [0.2, 0.25) is 0 Å². The number of anilines is 1. The van der Waals surface area contributed by atoms with Crippen LogP contribution in [0.15, 0.2) is 36.5 Å². The average molecular weight is 300 g/mol. The van der Waals surface area contributed by atoms with Gasteiger partial charge in [0.1, 0.15) is 0 Å². The van der Waals surface area contributed by atoms with Gasteiger partial charge in [-0.2, -0.15) is 0 Å². The number of nitrogens with zero attached hydrogens (tertiary/aromatic N) is 2. The number of rotatable bonds is 6. The SMILES string of the molecule is O=C(NCC1CC1)Nc1ccn(-c2ccc(CCO)cc2)n1. The van der Waals surface area contributed by atoms with Crippen LogP contribution in [0, 0.1) is 5.92 Å². The molecule has 6 nitrogen and oxygen atoms in total. The molecule has 3 N–H and O–H groups in total. The van der Waals surface area contributed by atoms with Crippen LogP contribution in [-0.4, -0.2) is 34.1 Å². The molecule has 1 aromatic carbocycles. The monoisotopic (exact) mass is 300 g/mol. The number of carbonyl (C=O) groups is 1. The molecule has 1 fully saturated rings. The maximum absolute atomic E-state index is 11.7. The minimum Gasteiger partial charge on any atom is -0.396 e. The lowest BCUT2D eigenvalue weighted by Gasteiger charge is -2.05. The van der Waals surface area contributed by atoms with Crippen molar-refractivity contribution in [1.29, 1.82) is 0 Å². The van der Waals surface area contributed by atoms with E-state index in [1.165, 1.54) is 12.8 Å². The molecule has 116 valence electrons. The first kappa shape index (κ1) is 14.6. The number of amides is 2. The quantitative estimate of drug-likeness (QED) is 0.763. The van der Waals surface area contributed by atoms with Crippen molar-refractivity contribution in [3.63, 3.8) is 0 Å². The van der Waals surface area contributed by atoms with Gasteiger partial charge in [-0.15, -0.1) is 5.10 Å². The summed E-state index contributed by atoms with van der Waals surface area (Å²) >= 11 is 0. The lowest BCUT2D eigenvalue weighted by molar-refractivity contribution is 0.251. The van der Waals surface area contributed by atoms with Gasteiger partial charge in [-0.25, -0.2) is 9.48 Å². The summed E-state index contributed by atoms with van der Waals surface area (Å²) in [5, 5.41) is 18.8. The summed E-state index contributed by atoms with van der Waals surface area (Å²) in [6.45, 7) is 0.879. The van der Waals surface area contributed by atoms with Gasteiger partial charge in [0.2, 0.25) is 0 Å². The molecule has 0 bridgehead atoms. The molecule has 3 rings (SSSR count). The lowest BCUT2D eigenvalue weighted by Crippen LogP contribution is -2.30. The van der Waals surface area contributed by atoms with E-state index in [0.29, 0.717) is 18.2 Å². The maximum Gasteiger partial charge on any atom is 0.320 e. The fourth-order valence-electron chi connectivity index (χ4n) is 2.20. The number of benzene rings is 1. The summed E-state index contributed by atoms with van der Waals surface area (Å²) < 4.78 is 1.71. The number of urea groups is 1. The van der Waals surface area contributed by atoms with Crippen molar-refractivity contribution in [2.75, 3.05) is 18.5 Å². The van der Waals surface area contributed by atoms with E-state index >= 15 is 0 Å². The van der Waals surface area contributed by atoms with E-state index in [9.17, 15) is 4.79 Å². The Balaban J connectivity index is 1.58. The van der Waals surface area contributed by atoms with Crippen molar-refractivity contribution in [1.82, 2.24) is 15.1 Å². The van der Waals surface area contributed by atoms with Crippen LogP contribution in [0.4, 0.5) is 10.6 Å². The van der Waals surface area contributed by atoms with Gasteiger partial charge in [0, 0.05) is 25.4 Å². The molecule has 1 saturated carbocycles. The first-order valence-corrected chi connectivity index (χ1v) is 7.55. The van der Waals surface area contributed by atoms with E-state index in [4.69, 9.17) is 5.11 Å². The largest absolute Gasteiger partial charge is 0.396 e. The molecule has 0 atom stereocenters. The van der Waals surface area contributed by atoms with Gasteiger partial charge in [0.25, 0.3) is 0 Å². The standard InChI is InChI=1S/C16H20N4O2/c21-10-8-12-3-5-14(6-4-12)20-9-7-15(19-20)18-16(22)17-11-13-1-2-13/h3-7,9,13,21H,1-2,8,10-11H2,(H2,17,18,19,22). The van der Waals surface area contributed by atoms with Crippen molar-refractivity contribution in [3.05, 3.63) is 42.1 Å². The van der Waals surface area contributed by atoms with Crippen LogP contribution in [-0.2, 0) is 6.42 Å². The van der Waals surface area contributed by atoms with Gasteiger partial charge < -0.3 is 10.4 Å². The van der Waals surface area contributed by atoms with Gasteiger partial charge in [0.15, 0.2) is 5.82 Å². The number of aromatic nitrogens is 2. The molecular weight excluding hydrogens is 280 g/mol. The maximum atomic E-state index is 11.7. The van der Waals surface area contributed by atoms with Crippen LogP contribution in [0.3, 0.4) is 0 Å². The Bertz CT molecular complexity index is 632. The Kier molecular flexibility index (Phi) is 4.39. The molecule has 0 radical (unpaired) electrons. The minimum atomic E-state index is -0.213. The summed E-state index contributed by atoms with van der Waals surface area (Å²) in [6, 6.07) is 9.35. The first-order chi connectivity index (χ1) is 10.7. The average Bonchev–Trinajstić information content (AvgIpc) is 3.25. The third kappa shape index (κ3) is 3.85. The van der Waals surface area contributed by atoms with Gasteiger partial charge >= 0.3 is 6.03 Å². The second-order valence-corrected chi connectivity index (χ2v) is 5.56. The molecule has 6 heteroatoms. The number of carbonyl (C=O) groups excluding carboxylic acids is 1. The third-order valence-corrected chi connectivity index (χ3v) is 3.68. The first-order valence-electron chi connectivity index (χ1n) is 7.55. The molecule has 0 saturated heterocycles. The lowest BCUT2D eigenvalue weighted by atomic mass is 10.1. The van der Waals surface area contributed by atoms with Crippen LogP contribution < -0.4 is 10.6 Å². The second-order valence-electron chi connectivity index (χ2n) is 5.56. The molecule has 1 heterocycles. The van der Waals surface area contributed by atoms with E-state index in [1.54, 1.807) is 16.9 Å². The molecule has 1 aliphatic rings. The minimum absolute atomic E-state index is 0.144. The van der Waals surface area contributed by atoms with Crippen molar-refractivity contribution in [2.24, 2.45) is 5.92 Å². The Hall–Kier alpha value is -2.34. The van der Waals surface area contributed by atoms with Gasteiger partial charge in [0.05, 0.1) is 5.69 Å². The topological polar surface area (TPSA) is 79.2 Å². The van der Waals surface area contributed by atoms with Crippen LogP contribution in [0.1, 0.15) is 18.4 Å². The van der Waals surface area contributed by atoms with Gasteiger partial charge in [-0.3, -0.25) is 5.32 Å². The fraction of sp³-hybridized carbons (Fsp3) is 0.375. The predicted molar refractivity (Wildman–Crippen MR) is 84.1 cm³/mol. The van der Waals surface area contributed by atoms with Crippen LogP contribution >= 0.6 is 0 Å². The van der Waals surface area contributed by atoms with Crippen molar-refractivity contribution in [2.45, 2.75) is 19.3 Å². The summed E-state index contributed by atoms with van der Waals surface area (Å²) in [7, 11) is 0. The summed E-state index contributed by atoms with van der Waals surface area (Å²) in [5.41, 5.74) is 1.99. The normalized spacial score (nSPS) is 13.9. The Morgan fingerprint density at radius 3 is 2.73 bits per heavy atom. The van der Waals surface area contributed by atoms with Crippen molar-refractivity contribution >= 4 is 11.8 Å². The highest BCUT2D eigenvalue weighted by Crippen LogP contribution is 2.27. The van der Waals surface area contributed by atoms with Crippen molar-refractivity contribution < 1.29 is 9.90 Å². The van der Waals surface area contributed by atoms with Crippen molar-refractivity contribution in [3.8, 4) is 5.69 Å². The highest BCUT2D eigenvalue weighted by molar-refractivity contribution is 5.88. The Morgan fingerprint density at radius 2 is 2.05 bits per heavy atom. The number of hydrogen-bond donors (Lipinski definition) is 3. The van der Waals surface area contributed by atoms with E-state index in [1.807, 2.05) is 24.3 Å². The Labute approximate surface area is 129 Å². The molecule has 0 unspecified atom stereocenters. The van der Waals surface area contributed by atoms with Crippen LogP contribution in [0.25, 0.3) is 5.69 Å². The summed E-state index contributed by atoms with van der Waals surface area (Å²) in [6.07, 6.45) is 4.87. The third-order valence-electron chi connectivity index (χ3n) is 3.68. The highest BCUT2D eigenvalue weighted by Gasteiger charge is 2.21. The molecular formula is C16H20N4O2. The highest BCUT2D eigenvalue weighted by atomic mass is 16.3. The fourth-order valence-corrected chi connectivity index (χ4v) is 2.20. The molecule has 2 amide bonds. The predicted octanol–water partition coefficient (Wildman–Crippen LogP) is 1.94. The smallest absolute Gasteiger partial charge is 0.320 e. The second kappa shape index (κ2) is 6.62.